The number of ether oxygens (including phenoxy) is 2. The van der Waals surface area contributed by atoms with Crippen LogP contribution in [0.25, 0.3) is 0 Å². The van der Waals surface area contributed by atoms with E-state index < -0.39 is 0 Å². The first-order valence-electron chi connectivity index (χ1n) is 7.64. The Kier molecular flexibility index (Phi) is 7.65. The van der Waals surface area contributed by atoms with Crippen LogP contribution in [-0.2, 0) is 11.3 Å². The van der Waals surface area contributed by atoms with Gasteiger partial charge in [-0.25, -0.2) is 0 Å². The predicted octanol–water partition coefficient (Wildman–Crippen LogP) is 3.63. The van der Waals surface area contributed by atoms with E-state index in [2.05, 4.69) is 6.92 Å². The van der Waals surface area contributed by atoms with Crippen LogP contribution in [0, 0.1) is 0 Å². The zero-order chi connectivity index (χ0) is 15.7. The van der Waals surface area contributed by atoms with Gasteiger partial charge >= 0.3 is 0 Å². The molecule has 1 amide bonds. The molecule has 0 heterocycles. The van der Waals surface area contributed by atoms with Crippen molar-refractivity contribution in [1.82, 2.24) is 4.90 Å². The Morgan fingerprint density at radius 2 is 1.81 bits per heavy atom. The van der Waals surface area contributed by atoms with Crippen LogP contribution < -0.4 is 9.47 Å². The number of unbranched alkanes of at least 4 members (excludes halogenated alkanes) is 1. The van der Waals surface area contributed by atoms with Crippen LogP contribution >= 0.6 is 0 Å². The molecule has 0 N–H and O–H groups in total. The van der Waals surface area contributed by atoms with E-state index in [-0.39, 0.29) is 5.91 Å². The quantitative estimate of drug-likeness (QED) is 0.698. The van der Waals surface area contributed by atoms with Gasteiger partial charge in [-0.15, -0.1) is 0 Å². The predicted molar refractivity (Wildman–Crippen MR) is 84.8 cm³/mol. The molecule has 1 rings (SSSR count). The molecular weight excluding hydrogens is 266 g/mol. The van der Waals surface area contributed by atoms with E-state index in [0.29, 0.717) is 24.5 Å². The number of hydrogen-bond donors (Lipinski definition) is 0. The maximum absolute atomic E-state index is 12.2. The van der Waals surface area contributed by atoms with E-state index in [4.69, 9.17) is 9.47 Å². The minimum atomic E-state index is 0.223. The zero-order valence-corrected chi connectivity index (χ0v) is 13.6. The van der Waals surface area contributed by atoms with Gasteiger partial charge in [-0.3, -0.25) is 4.79 Å². The molecule has 1 aromatic rings. The van der Waals surface area contributed by atoms with Crippen LogP contribution in [0.1, 0.15) is 45.1 Å². The topological polar surface area (TPSA) is 38.8 Å². The standard InChI is InChI=1S/C17H27NO3/c1-5-7-11-18(17(19)8-6-2)13-14-9-10-15(20-3)16(12-14)21-4/h9-10,12H,5-8,11,13H2,1-4H3. The number of rotatable bonds is 9. The Morgan fingerprint density at radius 1 is 1.10 bits per heavy atom. The first-order chi connectivity index (χ1) is 10.2. The molecule has 0 aromatic heterocycles. The van der Waals surface area contributed by atoms with Crippen molar-refractivity contribution < 1.29 is 14.3 Å². The summed E-state index contributed by atoms with van der Waals surface area (Å²) in [5.74, 6) is 1.63. The molecular formula is C17H27NO3. The second-order valence-corrected chi connectivity index (χ2v) is 5.11. The molecule has 0 aliphatic rings. The van der Waals surface area contributed by atoms with Crippen LogP contribution in [0.15, 0.2) is 18.2 Å². The van der Waals surface area contributed by atoms with Crippen molar-refractivity contribution >= 4 is 5.91 Å². The fourth-order valence-corrected chi connectivity index (χ4v) is 2.21. The molecule has 0 bridgehead atoms. The third kappa shape index (κ3) is 5.29. The van der Waals surface area contributed by atoms with Crippen molar-refractivity contribution in [3.63, 3.8) is 0 Å². The lowest BCUT2D eigenvalue weighted by Crippen LogP contribution is -2.31. The summed E-state index contributed by atoms with van der Waals surface area (Å²) in [7, 11) is 3.24. The highest BCUT2D eigenvalue weighted by molar-refractivity contribution is 5.76. The van der Waals surface area contributed by atoms with Gasteiger partial charge in [-0.1, -0.05) is 26.3 Å². The van der Waals surface area contributed by atoms with E-state index >= 15 is 0 Å². The van der Waals surface area contributed by atoms with Gasteiger partial charge in [0.25, 0.3) is 0 Å². The Labute approximate surface area is 128 Å². The van der Waals surface area contributed by atoms with Crippen LogP contribution in [0.3, 0.4) is 0 Å². The lowest BCUT2D eigenvalue weighted by atomic mass is 10.1. The highest BCUT2D eigenvalue weighted by Gasteiger charge is 2.14. The lowest BCUT2D eigenvalue weighted by molar-refractivity contribution is -0.131. The van der Waals surface area contributed by atoms with Gasteiger partial charge in [0, 0.05) is 19.5 Å². The third-order valence-electron chi connectivity index (χ3n) is 3.42. The fraction of sp³-hybridized carbons (Fsp3) is 0.588. The molecule has 0 unspecified atom stereocenters. The van der Waals surface area contributed by atoms with E-state index in [1.807, 2.05) is 30.0 Å². The fourth-order valence-electron chi connectivity index (χ4n) is 2.21. The average molecular weight is 293 g/mol. The van der Waals surface area contributed by atoms with Gasteiger partial charge in [0.05, 0.1) is 14.2 Å². The number of carbonyl (C=O) groups is 1. The molecule has 4 heteroatoms. The number of hydrogen-bond acceptors (Lipinski definition) is 3. The summed E-state index contributed by atoms with van der Waals surface area (Å²) in [4.78, 5) is 14.1. The van der Waals surface area contributed by atoms with Gasteiger partial charge in [-0.05, 0) is 30.5 Å². The number of nitrogens with zero attached hydrogens (tertiary/aromatic N) is 1. The van der Waals surface area contributed by atoms with E-state index in [0.717, 1.165) is 31.4 Å². The van der Waals surface area contributed by atoms with Gasteiger partial charge in [0.2, 0.25) is 5.91 Å². The molecule has 0 aliphatic heterocycles. The third-order valence-corrected chi connectivity index (χ3v) is 3.42. The highest BCUT2D eigenvalue weighted by Crippen LogP contribution is 2.28. The molecule has 0 fully saturated rings. The van der Waals surface area contributed by atoms with E-state index in [9.17, 15) is 4.79 Å². The molecule has 0 atom stereocenters. The maximum Gasteiger partial charge on any atom is 0.222 e. The van der Waals surface area contributed by atoms with Crippen molar-refractivity contribution in [2.45, 2.75) is 46.1 Å². The Bertz CT molecular complexity index is 446. The van der Waals surface area contributed by atoms with Crippen LogP contribution in [0.4, 0.5) is 0 Å². The highest BCUT2D eigenvalue weighted by atomic mass is 16.5. The Balaban J connectivity index is 2.84. The summed E-state index contributed by atoms with van der Waals surface area (Å²) in [6, 6.07) is 5.81. The minimum Gasteiger partial charge on any atom is -0.493 e. The smallest absolute Gasteiger partial charge is 0.222 e. The maximum atomic E-state index is 12.2. The van der Waals surface area contributed by atoms with Crippen LogP contribution in [-0.4, -0.2) is 31.6 Å². The second kappa shape index (κ2) is 9.27. The Morgan fingerprint density at radius 3 is 2.38 bits per heavy atom. The molecule has 0 saturated carbocycles. The van der Waals surface area contributed by atoms with Crippen molar-refractivity contribution in [3.8, 4) is 11.5 Å². The molecule has 0 radical (unpaired) electrons. The summed E-state index contributed by atoms with van der Waals surface area (Å²) >= 11 is 0. The largest absolute Gasteiger partial charge is 0.493 e. The molecule has 0 spiro atoms. The van der Waals surface area contributed by atoms with Crippen molar-refractivity contribution in [2.24, 2.45) is 0 Å². The van der Waals surface area contributed by atoms with E-state index in [1.54, 1.807) is 14.2 Å². The number of benzene rings is 1. The first kappa shape index (κ1) is 17.3. The summed E-state index contributed by atoms with van der Waals surface area (Å²) in [5, 5.41) is 0. The molecule has 21 heavy (non-hydrogen) atoms. The molecule has 1 aromatic carbocycles. The average Bonchev–Trinajstić information content (AvgIpc) is 2.51. The van der Waals surface area contributed by atoms with Gasteiger partial charge in [0.15, 0.2) is 11.5 Å². The number of amides is 1. The molecule has 118 valence electrons. The summed E-state index contributed by atoms with van der Waals surface area (Å²) in [6.07, 6.45) is 3.61. The number of carbonyl (C=O) groups excluding carboxylic acids is 1. The van der Waals surface area contributed by atoms with Crippen molar-refractivity contribution in [1.29, 1.82) is 0 Å². The number of methoxy groups -OCH3 is 2. The summed E-state index contributed by atoms with van der Waals surface area (Å²) < 4.78 is 10.6. The summed E-state index contributed by atoms with van der Waals surface area (Å²) in [5.41, 5.74) is 1.06. The SMILES string of the molecule is CCCCN(Cc1ccc(OC)c(OC)c1)C(=O)CCC. The molecule has 0 saturated heterocycles. The first-order valence-corrected chi connectivity index (χ1v) is 7.64. The van der Waals surface area contributed by atoms with E-state index in [1.165, 1.54) is 0 Å². The van der Waals surface area contributed by atoms with Crippen LogP contribution in [0.5, 0.6) is 11.5 Å². The lowest BCUT2D eigenvalue weighted by Gasteiger charge is -2.23. The van der Waals surface area contributed by atoms with Crippen molar-refractivity contribution in [2.75, 3.05) is 20.8 Å². The normalized spacial score (nSPS) is 10.3. The zero-order valence-electron chi connectivity index (χ0n) is 13.6. The molecule has 4 nitrogen and oxygen atoms in total. The Hall–Kier alpha value is -1.71. The minimum absolute atomic E-state index is 0.223. The van der Waals surface area contributed by atoms with Crippen LogP contribution in [0.2, 0.25) is 0 Å². The molecule has 0 aliphatic carbocycles. The van der Waals surface area contributed by atoms with Gasteiger partial charge < -0.3 is 14.4 Å². The van der Waals surface area contributed by atoms with Gasteiger partial charge in [0.1, 0.15) is 0 Å². The van der Waals surface area contributed by atoms with Gasteiger partial charge in [-0.2, -0.15) is 0 Å². The second-order valence-electron chi connectivity index (χ2n) is 5.11. The monoisotopic (exact) mass is 293 g/mol. The summed E-state index contributed by atoms with van der Waals surface area (Å²) in [6.45, 7) is 5.61. The van der Waals surface area contributed by atoms with Crippen molar-refractivity contribution in [3.05, 3.63) is 23.8 Å².